The summed E-state index contributed by atoms with van der Waals surface area (Å²) >= 11 is 0. The summed E-state index contributed by atoms with van der Waals surface area (Å²) in [5, 5.41) is 4.70. The van der Waals surface area contributed by atoms with E-state index < -0.39 is 8.60 Å². The van der Waals surface area contributed by atoms with Crippen LogP contribution in [0.15, 0.2) is 78.9 Å². The van der Waals surface area contributed by atoms with Crippen molar-refractivity contribution < 1.29 is 14.3 Å². The lowest BCUT2D eigenvalue weighted by Crippen LogP contribution is -2.13. The summed E-state index contributed by atoms with van der Waals surface area (Å²) in [7, 11) is -3.09. The molecule has 0 unspecified atom stereocenters. The lowest BCUT2D eigenvalue weighted by molar-refractivity contribution is -0.310. The molecule has 0 amide bonds. The minimum absolute atomic E-state index is 0.213. The van der Waals surface area contributed by atoms with E-state index in [0.717, 1.165) is 38.6 Å². The number of hydrogen-bond acceptors (Lipinski definition) is 3. The van der Waals surface area contributed by atoms with Gasteiger partial charge in [-0.25, -0.2) is 0 Å². The predicted molar refractivity (Wildman–Crippen MR) is 176 cm³/mol. The van der Waals surface area contributed by atoms with E-state index in [1.165, 1.54) is 27.5 Å². The van der Waals surface area contributed by atoms with Gasteiger partial charge >= 0.3 is 0 Å². The Bertz CT molecular complexity index is 1750. The third-order valence-corrected chi connectivity index (χ3v) is 8.75. The Balaban J connectivity index is 1.85. The van der Waals surface area contributed by atoms with Gasteiger partial charge in [-0.15, -0.1) is 0 Å². The first-order valence-electron chi connectivity index (χ1n) is 15.1. The summed E-state index contributed by atoms with van der Waals surface area (Å²) in [6.07, 6.45) is 0. The number of rotatable bonds is 8. The second-order valence-corrected chi connectivity index (χ2v) is 13.3. The first-order chi connectivity index (χ1) is 19.9. The summed E-state index contributed by atoms with van der Waals surface area (Å²) in [5.41, 5.74) is 8.90. The molecule has 5 aromatic carbocycles. The average molecular weight is 577 g/mol. The van der Waals surface area contributed by atoms with E-state index in [4.69, 9.17) is 4.52 Å². The van der Waals surface area contributed by atoms with Crippen LogP contribution in [0.25, 0.3) is 43.8 Å². The number of fused-ring (bicyclic) bond motifs is 2. The second kappa shape index (κ2) is 12.2. The largest absolute Gasteiger partial charge is 0.810 e. The molecule has 42 heavy (non-hydrogen) atoms. The van der Waals surface area contributed by atoms with Gasteiger partial charge in [0.05, 0.1) is 0 Å². The monoisotopic (exact) mass is 576 g/mol. The third kappa shape index (κ3) is 5.97. The maximum Gasteiger partial charge on any atom is 0.128 e. The van der Waals surface area contributed by atoms with Gasteiger partial charge in [-0.3, -0.25) is 0 Å². The molecule has 0 aliphatic rings. The Labute approximate surface area is 252 Å². The Kier molecular flexibility index (Phi) is 8.76. The SMILES string of the molecule is CC(C)c1ccc2cc(-c3cccc(OP([O-])[O-])c3-c3cc4ccc(C(C)C)cc4cc3C(C)C)c(C(C)C)cc2c1. The van der Waals surface area contributed by atoms with E-state index in [-0.39, 0.29) is 11.8 Å². The van der Waals surface area contributed by atoms with Crippen LogP contribution >= 0.6 is 8.60 Å². The van der Waals surface area contributed by atoms with Crippen molar-refractivity contribution >= 4 is 30.1 Å². The van der Waals surface area contributed by atoms with Crippen LogP contribution in [-0.2, 0) is 0 Å². The molecule has 0 atom stereocenters. The molecule has 0 bridgehead atoms. The highest BCUT2D eigenvalue weighted by molar-refractivity contribution is 7.36. The lowest BCUT2D eigenvalue weighted by Gasteiger charge is -2.32. The van der Waals surface area contributed by atoms with Gasteiger partial charge < -0.3 is 14.3 Å². The summed E-state index contributed by atoms with van der Waals surface area (Å²) < 4.78 is 5.54. The van der Waals surface area contributed by atoms with E-state index in [1.54, 1.807) is 6.07 Å². The van der Waals surface area contributed by atoms with Crippen LogP contribution in [0.5, 0.6) is 5.75 Å². The van der Waals surface area contributed by atoms with E-state index in [2.05, 4.69) is 122 Å². The summed E-state index contributed by atoms with van der Waals surface area (Å²) in [6.45, 7) is 17.7. The second-order valence-electron chi connectivity index (χ2n) is 12.7. The molecular formula is C38H41O3P-2. The molecule has 0 aliphatic carbocycles. The molecule has 0 radical (unpaired) electrons. The maximum atomic E-state index is 12.0. The van der Waals surface area contributed by atoms with Crippen molar-refractivity contribution in [2.45, 2.75) is 79.1 Å². The van der Waals surface area contributed by atoms with Gasteiger partial charge in [0.2, 0.25) is 0 Å². The zero-order chi connectivity index (χ0) is 30.3. The van der Waals surface area contributed by atoms with Crippen molar-refractivity contribution in [2.75, 3.05) is 0 Å². The molecule has 0 saturated heterocycles. The number of hydrogen-bond donors (Lipinski definition) is 0. The van der Waals surface area contributed by atoms with E-state index in [0.29, 0.717) is 17.6 Å². The first kappa shape index (κ1) is 30.2. The normalized spacial score (nSPS) is 12.2. The van der Waals surface area contributed by atoms with Crippen LogP contribution in [0.3, 0.4) is 0 Å². The molecule has 0 fully saturated rings. The molecule has 0 aliphatic heterocycles. The van der Waals surface area contributed by atoms with Crippen LogP contribution in [-0.4, -0.2) is 0 Å². The van der Waals surface area contributed by atoms with Gasteiger partial charge in [-0.2, -0.15) is 0 Å². The minimum Gasteiger partial charge on any atom is -0.810 e. The highest BCUT2D eigenvalue weighted by Crippen LogP contribution is 2.47. The quantitative estimate of drug-likeness (QED) is 0.173. The summed E-state index contributed by atoms with van der Waals surface area (Å²) in [4.78, 5) is 24.0. The predicted octanol–water partition coefficient (Wildman–Crippen LogP) is 10.1. The van der Waals surface area contributed by atoms with E-state index in [9.17, 15) is 9.79 Å². The molecule has 3 nitrogen and oxygen atoms in total. The Morgan fingerprint density at radius 1 is 0.500 bits per heavy atom. The van der Waals surface area contributed by atoms with Crippen molar-refractivity contribution in [2.24, 2.45) is 0 Å². The van der Waals surface area contributed by atoms with Gasteiger partial charge in [0.25, 0.3) is 0 Å². The van der Waals surface area contributed by atoms with Crippen LogP contribution in [0.1, 0.15) is 101 Å². The molecule has 0 heterocycles. The topological polar surface area (TPSA) is 55.3 Å². The molecule has 218 valence electrons. The fourth-order valence-corrected chi connectivity index (χ4v) is 6.29. The summed E-state index contributed by atoms with van der Waals surface area (Å²) in [5.74, 6) is 1.71. The van der Waals surface area contributed by atoms with Gasteiger partial charge in [0.1, 0.15) is 5.75 Å². The molecule has 0 N–H and O–H groups in total. The summed E-state index contributed by atoms with van der Waals surface area (Å²) in [6, 6.07) is 28.2. The molecular weight excluding hydrogens is 535 g/mol. The average Bonchev–Trinajstić information content (AvgIpc) is 2.94. The van der Waals surface area contributed by atoms with Gasteiger partial charge in [-0.05, 0) is 102 Å². The van der Waals surface area contributed by atoms with E-state index in [1.807, 2.05) is 6.07 Å². The van der Waals surface area contributed by atoms with Gasteiger partial charge in [0, 0.05) is 5.56 Å². The van der Waals surface area contributed by atoms with Crippen molar-refractivity contribution in [1.29, 1.82) is 0 Å². The Morgan fingerprint density at radius 3 is 1.48 bits per heavy atom. The zero-order valence-electron chi connectivity index (χ0n) is 26.0. The van der Waals surface area contributed by atoms with Gasteiger partial charge in [0.15, 0.2) is 0 Å². The fraction of sp³-hybridized carbons (Fsp3) is 0.316. The van der Waals surface area contributed by atoms with Crippen LogP contribution in [0.4, 0.5) is 0 Å². The molecule has 0 aromatic heterocycles. The maximum absolute atomic E-state index is 12.0. The lowest BCUT2D eigenvalue weighted by atomic mass is 9.82. The van der Waals surface area contributed by atoms with Crippen molar-refractivity contribution in [1.82, 2.24) is 0 Å². The smallest absolute Gasteiger partial charge is 0.128 e. The van der Waals surface area contributed by atoms with Crippen molar-refractivity contribution in [3.05, 3.63) is 101 Å². The Hall–Kier alpha value is -3.23. The highest BCUT2D eigenvalue weighted by atomic mass is 31.2. The molecule has 5 aromatic rings. The molecule has 0 spiro atoms. The number of benzene rings is 5. The zero-order valence-corrected chi connectivity index (χ0v) is 26.9. The van der Waals surface area contributed by atoms with Crippen molar-refractivity contribution in [3.8, 4) is 28.0 Å². The van der Waals surface area contributed by atoms with Gasteiger partial charge in [-0.1, -0.05) is 125 Å². The minimum atomic E-state index is -3.09. The van der Waals surface area contributed by atoms with E-state index >= 15 is 0 Å². The van der Waals surface area contributed by atoms with Crippen LogP contribution in [0.2, 0.25) is 0 Å². The molecule has 4 heteroatoms. The molecule has 0 saturated carbocycles. The van der Waals surface area contributed by atoms with Crippen molar-refractivity contribution in [3.63, 3.8) is 0 Å². The standard InChI is InChI=1S/C38H41O3P/c1-22(2)26-12-14-28-18-35(33(24(5)6)20-30(28)16-26)32-10-9-11-37(41-42(39)40)38(32)36-19-29-15-13-27(23(3)4)17-31(29)21-34(36)25(7)8/h9-25H,1-8H3/q-2. The fourth-order valence-electron chi connectivity index (χ4n) is 5.98. The Morgan fingerprint density at radius 2 is 1.00 bits per heavy atom. The third-order valence-electron chi connectivity index (χ3n) is 8.40. The van der Waals surface area contributed by atoms with Crippen LogP contribution in [0, 0.1) is 0 Å². The van der Waals surface area contributed by atoms with Crippen LogP contribution < -0.4 is 14.3 Å². The highest BCUT2D eigenvalue weighted by Gasteiger charge is 2.22. The first-order valence-corrected chi connectivity index (χ1v) is 16.2. The molecule has 5 rings (SSSR count).